The van der Waals surface area contributed by atoms with E-state index in [4.69, 9.17) is 0 Å². The molecule has 1 N–H and O–H groups in total. The van der Waals surface area contributed by atoms with Crippen LogP contribution in [0.4, 0.5) is 26.2 Å². The standard InChI is InChI=1S/C19H19F2N5/c1-13(2)26(12-14-6-4-3-5-7-14)18-11-22-25-19(24-18)23-17-9-8-15(20)10-16(17)21/h3-11,13H,12H2,1-2H3,(H,23,24,25). The van der Waals surface area contributed by atoms with Crippen LogP contribution in [0.1, 0.15) is 19.4 Å². The van der Waals surface area contributed by atoms with Gasteiger partial charge in [-0.05, 0) is 31.5 Å². The highest BCUT2D eigenvalue weighted by Crippen LogP contribution is 2.21. The Kier molecular flexibility index (Phi) is 5.36. The maximum absolute atomic E-state index is 13.8. The molecule has 26 heavy (non-hydrogen) atoms. The highest BCUT2D eigenvalue weighted by Gasteiger charge is 2.15. The molecule has 134 valence electrons. The first-order valence-electron chi connectivity index (χ1n) is 8.25. The molecule has 0 saturated heterocycles. The third kappa shape index (κ3) is 4.30. The van der Waals surface area contributed by atoms with E-state index < -0.39 is 11.6 Å². The fourth-order valence-corrected chi connectivity index (χ4v) is 2.51. The fraction of sp³-hybridized carbons (Fsp3) is 0.211. The topological polar surface area (TPSA) is 53.9 Å². The molecule has 0 spiro atoms. The zero-order chi connectivity index (χ0) is 18.5. The lowest BCUT2D eigenvalue weighted by Crippen LogP contribution is -2.31. The van der Waals surface area contributed by atoms with Crippen LogP contribution in [0.25, 0.3) is 0 Å². The minimum atomic E-state index is -0.719. The van der Waals surface area contributed by atoms with Gasteiger partial charge in [-0.1, -0.05) is 30.3 Å². The number of nitrogens with zero attached hydrogens (tertiary/aromatic N) is 4. The number of anilines is 3. The number of halogens is 2. The van der Waals surface area contributed by atoms with E-state index in [1.54, 1.807) is 6.20 Å². The van der Waals surface area contributed by atoms with Crippen LogP contribution in [0.15, 0.2) is 54.7 Å². The highest BCUT2D eigenvalue weighted by molar-refractivity contribution is 5.55. The molecule has 2 aromatic carbocycles. The Bertz CT molecular complexity index is 871. The van der Waals surface area contributed by atoms with Crippen molar-refractivity contribution in [2.45, 2.75) is 26.4 Å². The Morgan fingerprint density at radius 3 is 2.54 bits per heavy atom. The molecule has 5 nitrogen and oxygen atoms in total. The van der Waals surface area contributed by atoms with E-state index in [1.807, 2.05) is 30.3 Å². The van der Waals surface area contributed by atoms with Crippen molar-refractivity contribution in [2.75, 3.05) is 10.2 Å². The normalized spacial score (nSPS) is 10.8. The number of aromatic nitrogens is 3. The van der Waals surface area contributed by atoms with E-state index in [0.717, 1.165) is 11.6 Å². The van der Waals surface area contributed by atoms with Crippen LogP contribution in [0.5, 0.6) is 0 Å². The molecule has 1 aromatic heterocycles. The Hall–Kier alpha value is -3.09. The molecule has 0 bridgehead atoms. The second kappa shape index (κ2) is 7.86. The van der Waals surface area contributed by atoms with Gasteiger partial charge in [-0.3, -0.25) is 0 Å². The van der Waals surface area contributed by atoms with Crippen molar-refractivity contribution in [2.24, 2.45) is 0 Å². The van der Waals surface area contributed by atoms with Crippen molar-refractivity contribution in [1.29, 1.82) is 0 Å². The summed E-state index contributed by atoms with van der Waals surface area (Å²) in [6.45, 7) is 4.76. The van der Waals surface area contributed by atoms with Gasteiger partial charge in [0.25, 0.3) is 0 Å². The summed E-state index contributed by atoms with van der Waals surface area (Å²) in [5.41, 5.74) is 1.23. The first kappa shape index (κ1) is 17.7. The summed E-state index contributed by atoms with van der Waals surface area (Å²) in [5.74, 6) is -0.603. The molecular weight excluding hydrogens is 336 g/mol. The molecule has 3 aromatic rings. The highest BCUT2D eigenvalue weighted by atomic mass is 19.1. The van der Waals surface area contributed by atoms with Gasteiger partial charge in [-0.25, -0.2) is 8.78 Å². The van der Waals surface area contributed by atoms with Crippen LogP contribution in [-0.4, -0.2) is 21.2 Å². The van der Waals surface area contributed by atoms with E-state index in [0.29, 0.717) is 12.4 Å². The summed E-state index contributed by atoms with van der Waals surface area (Å²) < 4.78 is 26.9. The number of hydrogen-bond donors (Lipinski definition) is 1. The van der Waals surface area contributed by atoms with Crippen LogP contribution < -0.4 is 10.2 Å². The van der Waals surface area contributed by atoms with Crippen molar-refractivity contribution in [3.8, 4) is 0 Å². The third-order valence-electron chi connectivity index (χ3n) is 3.84. The largest absolute Gasteiger partial charge is 0.348 e. The number of nitrogens with one attached hydrogen (secondary N) is 1. The maximum atomic E-state index is 13.8. The zero-order valence-electron chi connectivity index (χ0n) is 14.5. The summed E-state index contributed by atoms with van der Waals surface area (Å²) in [6.07, 6.45) is 1.56. The van der Waals surface area contributed by atoms with Crippen molar-refractivity contribution in [3.63, 3.8) is 0 Å². The van der Waals surface area contributed by atoms with Crippen molar-refractivity contribution in [1.82, 2.24) is 15.2 Å². The lowest BCUT2D eigenvalue weighted by Gasteiger charge is -2.27. The zero-order valence-corrected chi connectivity index (χ0v) is 14.5. The molecule has 0 radical (unpaired) electrons. The molecule has 0 saturated carbocycles. The third-order valence-corrected chi connectivity index (χ3v) is 3.84. The molecule has 3 rings (SSSR count). The molecule has 1 heterocycles. The summed E-state index contributed by atoms with van der Waals surface area (Å²) in [6, 6.07) is 13.4. The molecule has 0 aliphatic heterocycles. The van der Waals surface area contributed by atoms with Crippen LogP contribution in [0.2, 0.25) is 0 Å². The summed E-state index contributed by atoms with van der Waals surface area (Å²) >= 11 is 0. The molecule has 0 aliphatic rings. The van der Waals surface area contributed by atoms with Gasteiger partial charge in [-0.2, -0.15) is 10.1 Å². The van der Waals surface area contributed by atoms with Gasteiger partial charge < -0.3 is 10.2 Å². The summed E-state index contributed by atoms with van der Waals surface area (Å²) in [4.78, 5) is 6.50. The van der Waals surface area contributed by atoms with Crippen molar-refractivity contribution < 1.29 is 8.78 Å². The Morgan fingerprint density at radius 1 is 1.08 bits per heavy atom. The predicted octanol–water partition coefficient (Wildman–Crippen LogP) is 4.31. The number of benzene rings is 2. The van der Waals surface area contributed by atoms with Gasteiger partial charge >= 0.3 is 0 Å². The van der Waals surface area contributed by atoms with E-state index in [9.17, 15) is 8.78 Å². The van der Waals surface area contributed by atoms with Gasteiger partial charge in [0, 0.05) is 18.7 Å². The van der Waals surface area contributed by atoms with Gasteiger partial charge in [0.05, 0.1) is 11.9 Å². The maximum Gasteiger partial charge on any atom is 0.249 e. The average molecular weight is 355 g/mol. The van der Waals surface area contributed by atoms with E-state index in [-0.39, 0.29) is 17.7 Å². The van der Waals surface area contributed by atoms with Gasteiger partial charge in [0.1, 0.15) is 11.6 Å². The van der Waals surface area contributed by atoms with E-state index in [1.165, 1.54) is 12.1 Å². The van der Waals surface area contributed by atoms with Crippen LogP contribution in [0, 0.1) is 11.6 Å². The summed E-state index contributed by atoms with van der Waals surface area (Å²) in [7, 11) is 0. The second-order valence-corrected chi connectivity index (χ2v) is 6.09. The molecule has 0 amide bonds. The minimum absolute atomic E-state index is 0.0875. The Morgan fingerprint density at radius 2 is 1.85 bits per heavy atom. The molecular formula is C19H19F2N5. The molecule has 0 fully saturated rings. The quantitative estimate of drug-likeness (QED) is 0.714. The first-order valence-corrected chi connectivity index (χ1v) is 8.25. The molecule has 0 atom stereocenters. The van der Waals surface area contributed by atoms with Crippen molar-refractivity contribution >= 4 is 17.5 Å². The fourth-order valence-electron chi connectivity index (χ4n) is 2.51. The monoisotopic (exact) mass is 355 g/mol. The average Bonchev–Trinajstić information content (AvgIpc) is 2.63. The Labute approximate surface area is 150 Å². The smallest absolute Gasteiger partial charge is 0.249 e. The number of hydrogen-bond acceptors (Lipinski definition) is 5. The lowest BCUT2D eigenvalue weighted by atomic mass is 10.2. The van der Waals surface area contributed by atoms with E-state index >= 15 is 0 Å². The SMILES string of the molecule is CC(C)N(Cc1ccccc1)c1cnnc(Nc2ccc(F)cc2F)n1. The van der Waals surface area contributed by atoms with Crippen LogP contribution >= 0.6 is 0 Å². The van der Waals surface area contributed by atoms with Gasteiger partial charge in [-0.15, -0.1) is 5.10 Å². The van der Waals surface area contributed by atoms with Crippen LogP contribution in [-0.2, 0) is 6.54 Å². The molecule has 0 aliphatic carbocycles. The van der Waals surface area contributed by atoms with Crippen molar-refractivity contribution in [3.05, 3.63) is 71.9 Å². The Balaban J connectivity index is 1.84. The first-order chi connectivity index (χ1) is 12.5. The minimum Gasteiger partial charge on any atom is -0.348 e. The van der Waals surface area contributed by atoms with Gasteiger partial charge in [0.15, 0.2) is 5.82 Å². The predicted molar refractivity (Wildman–Crippen MR) is 97.2 cm³/mol. The number of rotatable bonds is 6. The molecule has 7 heteroatoms. The van der Waals surface area contributed by atoms with Gasteiger partial charge in [0.2, 0.25) is 5.95 Å². The molecule has 0 unspecified atom stereocenters. The van der Waals surface area contributed by atoms with Crippen LogP contribution in [0.3, 0.4) is 0 Å². The second-order valence-electron chi connectivity index (χ2n) is 6.09. The lowest BCUT2D eigenvalue weighted by molar-refractivity contribution is 0.586. The summed E-state index contributed by atoms with van der Waals surface area (Å²) in [5, 5.41) is 10.6. The van der Waals surface area contributed by atoms with E-state index in [2.05, 4.69) is 39.2 Å².